The molecule has 0 N–H and O–H groups in total. The topological polar surface area (TPSA) is 13.0 Å². The fourth-order valence-electron chi connectivity index (χ4n) is 4.95. The second kappa shape index (κ2) is 7.57. The van der Waals surface area contributed by atoms with Crippen molar-refractivity contribution in [1.82, 2.24) is 0 Å². The first-order chi connectivity index (χ1) is 14.3. The van der Waals surface area contributed by atoms with E-state index in [1.54, 1.807) is 0 Å². The van der Waals surface area contributed by atoms with Gasteiger partial charge in [0.2, 0.25) is 0 Å². The Balaban J connectivity index is 2.07. The minimum atomic E-state index is 0.351. The molecule has 0 aliphatic carbocycles. The second-order valence-corrected chi connectivity index (χ2v) is 9.48. The summed E-state index contributed by atoms with van der Waals surface area (Å²) in [6.07, 6.45) is 0. The molecule has 160 valence electrons. The number of hydrogen-bond donors (Lipinski definition) is 0. The van der Waals surface area contributed by atoms with Crippen molar-refractivity contribution >= 4 is 22.7 Å². The maximum absolute atomic E-state index is 2.53. The highest BCUT2D eigenvalue weighted by molar-refractivity contribution is 5.89. The number of nitrogens with zero attached hydrogens (tertiary/aromatic N) is 4. The van der Waals surface area contributed by atoms with Crippen LogP contribution in [0.2, 0.25) is 0 Å². The molecule has 0 aromatic heterocycles. The lowest BCUT2D eigenvalue weighted by atomic mass is 10.2. The van der Waals surface area contributed by atoms with Gasteiger partial charge in [-0.2, -0.15) is 0 Å². The van der Waals surface area contributed by atoms with Crippen molar-refractivity contribution in [2.24, 2.45) is 0 Å². The molecule has 2 aromatic rings. The highest BCUT2D eigenvalue weighted by Crippen LogP contribution is 2.51. The molecule has 0 atom stereocenters. The van der Waals surface area contributed by atoms with E-state index in [4.69, 9.17) is 0 Å². The number of anilines is 4. The van der Waals surface area contributed by atoms with Crippen LogP contribution in [0.5, 0.6) is 0 Å². The molecule has 0 fully saturated rings. The zero-order valence-electron chi connectivity index (χ0n) is 19.7. The predicted octanol–water partition coefficient (Wildman–Crippen LogP) is 6.40. The predicted molar refractivity (Wildman–Crippen MR) is 130 cm³/mol. The van der Waals surface area contributed by atoms with Gasteiger partial charge in [0.25, 0.3) is 0 Å². The van der Waals surface area contributed by atoms with E-state index in [1.165, 1.54) is 34.4 Å². The van der Waals surface area contributed by atoms with Crippen molar-refractivity contribution in [2.45, 2.75) is 79.6 Å². The summed E-state index contributed by atoms with van der Waals surface area (Å²) >= 11 is 0. The molecular formula is C26H36N4. The Bertz CT molecular complexity index is 806. The van der Waals surface area contributed by atoms with Crippen molar-refractivity contribution < 1.29 is 0 Å². The first kappa shape index (κ1) is 20.6. The van der Waals surface area contributed by atoms with Gasteiger partial charge in [0.1, 0.15) is 0 Å². The Morgan fingerprint density at radius 1 is 0.400 bits per heavy atom. The van der Waals surface area contributed by atoms with Crippen molar-refractivity contribution in [3.63, 3.8) is 0 Å². The molecule has 4 nitrogen and oxygen atoms in total. The number of para-hydroxylation sites is 4. The molecule has 2 heterocycles. The van der Waals surface area contributed by atoms with Crippen LogP contribution >= 0.6 is 0 Å². The number of fused-ring (bicyclic) bond motifs is 2. The van der Waals surface area contributed by atoms with Crippen LogP contribution in [0.25, 0.3) is 0 Å². The van der Waals surface area contributed by atoms with Gasteiger partial charge in [-0.05, 0) is 79.7 Å². The van der Waals surface area contributed by atoms with E-state index in [2.05, 4.69) is 124 Å². The first-order valence-corrected chi connectivity index (χ1v) is 11.3. The van der Waals surface area contributed by atoms with Crippen molar-refractivity contribution in [3.05, 3.63) is 60.2 Å². The minimum absolute atomic E-state index is 0.351. The molecule has 30 heavy (non-hydrogen) atoms. The van der Waals surface area contributed by atoms with E-state index in [1.807, 2.05) is 0 Å². The summed E-state index contributed by atoms with van der Waals surface area (Å²) in [5, 5.41) is 0. The van der Waals surface area contributed by atoms with E-state index in [0.29, 0.717) is 24.2 Å². The van der Waals surface area contributed by atoms with Gasteiger partial charge in [-0.3, -0.25) is 0 Å². The maximum atomic E-state index is 2.53. The van der Waals surface area contributed by atoms with Crippen LogP contribution in [0, 0.1) is 0 Å². The smallest absolute Gasteiger partial charge is 0.156 e. The average Bonchev–Trinajstić information content (AvgIpc) is 3.20. The molecule has 0 unspecified atom stereocenters. The van der Waals surface area contributed by atoms with Crippen molar-refractivity contribution in [1.29, 1.82) is 0 Å². The molecule has 0 saturated carbocycles. The molecule has 0 radical (unpaired) electrons. The lowest BCUT2D eigenvalue weighted by Gasteiger charge is -2.39. The highest BCUT2D eigenvalue weighted by Gasteiger charge is 2.44. The SMILES string of the molecule is CC(C)N1C(=C2N(C(C)C)c3ccccc3N2C(C)C)N(C(C)C)c2ccccc21. The van der Waals surface area contributed by atoms with E-state index in [0.717, 1.165) is 0 Å². The maximum Gasteiger partial charge on any atom is 0.156 e. The molecular weight excluding hydrogens is 368 g/mol. The van der Waals surface area contributed by atoms with Gasteiger partial charge in [0.15, 0.2) is 11.6 Å². The molecule has 2 aromatic carbocycles. The van der Waals surface area contributed by atoms with Crippen molar-refractivity contribution in [3.8, 4) is 0 Å². The van der Waals surface area contributed by atoms with Gasteiger partial charge in [-0.15, -0.1) is 0 Å². The quantitative estimate of drug-likeness (QED) is 0.584. The molecule has 4 rings (SSSR count). The van der Waals surface area contributed by atoms with Crippen LogP contribution < -0.4 is 19.6 Å². The number of benzene rings is 2. The summed E-state index contributed by atoms with van der Waals surface area (Å²) in [4.78, 5) is 10.1. The van der Waals surface area contributed by atoms with E-state index < -0.39 is 0 Å². The average molecular weight is 405 g/mol. The Hall–Kier alpha value is -2.62. The van der Waals surface area contributed by atoms with Crippen LogP contribution in [0.4, 0.5) is 22.7 Å². The molecule has 2 aliphatic heterocycles. The normalized spacial score (nSPS) is 16.1. The third kappa shape index (κ3) is 2.96. The summed E-state index contributed by atoms with van der Waals surface area (Å²) in [6.45, 7) is 18.4. The zero-order chi connectivity index (χ0) is 21.7. The second-order valence-electron chi connectivity index (χ2n) is 9.48. The van der Waals surface area contributed by atoms with E-state index in [-0.39, 0.29) is 0 Å². The third-order valence-corrected chi connectivity index (χ3v) is 5.98. The van der Waals surface area contributed by atoms with Gasteiger partial charge < -0.3 is 19.6 Å². The third-order valence-electron chi connectivity index (χ3n) is 5.98. The number of rotatable bonds is 4. The Labute approximate surface area is 182 Å². The van der Waals surface area contributed by atoms with Crippen LogP contribution in [0.15, 0.2) is 60.2 Å². The largest absolute Gasteiger partial charge is 0.320 e. The summed E-state index contributed by atoms with van der Waals surface area (Å²) in [5.41, 5.74) is 5.19. The lowest BCUT2D eigenvalue weighted by molar-refractivity contribution is 0.648. The summed E-state index contributed by atoms with van der Waals surface area (Å²) in [5.74, 6) is 2.58. The van der Waals surface area contributed by atoms with Gasteiger partial charge >= 0.3 is 0 Å². The molecule has 0 spiro atoms. The van der Waals surface area contributed by atoms with Gasteiger partial charge in [0, 0.05) is 24.2 Å². The van der Waals surface area contributed by atoms with Crippen LogP contribution in [0.1, 0.15) is 55.4 Å². The lowest BCUT2D eigenvalue weighted by Crippen LogP contribution is -2.46. The van der Waals surface area contributed by atoms with Gasteiger partial charge in [0.05, 0.1) is 22.7 Å². The van der Waals surface area contributed by atoms with Crippen LogP contribution in [0.3, 0.4) is 0 Å². The molecule has 4 heteroatoms. The Kier molecular flexibility index (Phi) is 5.21. The monoisotopic (exact) mass is 404 g/mol. The van der Waals surface area contributed by atoms with Crippen LogP contribution in [-0.4, -0.2) is 24.2 Å². The van der Waals surface area contributed by atoms with Gasteiger partial charge in [-0.25, -0.2) is 0 Å². The first-order valence-electron chi connectivity index (χ1n) is 11.3. The fourth-order valence-corrected chi connectivity index (χ4v) is 4.95. The zero-order valence-corrected chi connectivity index (χ0v) is 19.7. The summed E-state index contributed by atoms with van der Waals surface area (Å²) < 4.78 is 0. The number of hydrogen-bond acceptors (Lipinski definition) is 4. The van der Waals surface area contributed by atoms with Crippen LogP contribution in [-0.2, 0) is 0 Å². The fraction of sp³-hybridized carbons (Fsp3) is 0.462. The minimum Gasteiger partial charge on any atom is -0.320 e. The van der Waals surface area contributed by atoms with Gasteiger partial charge in [-0.1, -0.05) is 24.3 Å². The highest BCUT2D eigenvalue weighted by atomic mass is 15.5. The molecule has 0 amide bonds. The van der Waals surface area contributed by atoms with E-state index in [9.17, 15) is 0 Å². The van der Waals surface area contributed by atoms with Crippen molar-refractivity contribution in [2.75, 3.05) is 19.6 Å². The molecule has 0 bridgehead atoms. The van der Waals surface area contributed by atoms with E-state index >= 15 is 0 Å². The molecule has 0 saturated heterocycles. The standard InChI is InChI=1S/C26H36N4/c1-17(2)27-21-13-9-10-14-22(21)28(18(3)4)25(27)26-29(19(5)6)23-15-11-12-16-24(23)30(26)20(7)8/h9-20H,1-8H3. The summed E-state index contributed by atoms with van der Waals surface area (Å²) in [7, 11) is 0. The Morgan fingerprint density at radius 3 is 0.767 bits per heavy atom. The Morgan fingerprint density at radius 2 is 0.600 bits per heavy atom. The summed E-state index contributed by atoms with van der Waals surface area (Å²) in [6, 6.07) is 19.1. The molecule has 2 aliphatic rings.